The molecule has 0 bridgehead atoms. The summed E-state index contributed by atoms with van der Waals surface area (Å²) in [5.74, 6) is 1.16. The molecule has 1 saturated carbocycles. The van der Waals surface area contributed by atoms with Gasteiger partial charge in [-0.1, -0.05) is 0 Å². The molecule has 25 heavy (non-hydrogen) atoms. The fourth-order valence-electron chi connectivity index (χ4n) is 4.40. The van der Waals surface area contributed by atoms with Gasteiger partial charge in [-0.2, -0.15) is 0 Å². The molecule has 0 radical (unpaired) electrons. The van der Waals surface area contributed by atoms with Gasteiger partial charge in [-0.3, -0.25) is 0 Å². The predicted molar refractivity (Wildman–Crippen MR) is 101 cm³/mol. The van der Waals surface area contributed by atoms with Gasteiger partial charge in [0.05, 0.1) is 11.5 Å². The Bertz CT molecular complexity index is 738. The van der Waals surface area contributed by atoms with Crippen molar-refractivity contribution in [3.63, 3.8) is 0 Å². The summed E-state index contributed by atoms with van der Waals surface area (Å²) < 4.78 is 6.36. The Hall–Kier alpha value is -1.24. The third-order valence-electron chi connectivity index (χ3n) is 5.68. The maximum atomic E-state index is 9.86. The third-order valence-corrected chi connectivity index (χ3v) is 6.86. The zero-order valence-corrected chi connectivity index (χ0v) is 15.8. The number of ether oxygens (including phenoxy) is 1. The number of hydrogen-bond acceptors (Lipinski definition) is 6. The van der Waals surface area contributed by atoms with Crippen LogP contribution >= 0.6 is 11.3 Å². The number of aliphatic hydroxyl groups is 1. The van der Waals surface area contributed by atoms with Gasteiger partial charge in [0.25, 0.3) is 0 Å². The van der Waals surface area contributed by atoms with Gasteiger partial charge >= 0.3 is 0 Å². The highest BCUT2D eigenvalue weighted by atomic mass is 32.1. The summed E-state index contributed by atoms with van der Waals surface area (Å²) >= 11 is 1.77. The van der Waals surface area contributed by atoms with Crippen LogP contribution in [0.25, 0.3) is 10.2 Å². The summed E-state index contributed by atoms with van der Waals surface area (Å²) in [6.45, 7) is 1.88. The third kappa shape index (κ3) is 3.39. The fourth-order valence-corrected chi connectivity index (χ4v) is 5.64. The van der Waals surface area contributed by atoms with Crippen LogP contribution in [0.3, 0.4) is 0 Å². The van der Waals surface area contributed by atoms with E-state index in [-0.39, 0.29) is 12.2 Å². The second kappa shape index (κ2) is 7.17. The molecule has 2 aliphatic rings. The summed E-state index contributed by atoms with van der Waals surface area (Å²) in [5, 5.41) is 14.3. The molecule has 5 nitrogen and oxygen atoms in total. The Balaban J connectivity index is 1.62. The van der Waals surface area contributed by atoms with Crippen molar-refractivity contribution in [2.45, 2.75) is 76.0 Å². The highest BCUT2D eigenvalue weighted by molar-refractivity contribution is 7.19. The lowest BCUT2D eigenvalue weighted by Gasteiger charge is -2.28. The number of aromatic nitrogens is 2. The van der Waals surface area contributed by atoms with Gasteiger partial charge in [0, 0.05) is 10.9 Å². The van der Waals surface area contributed by atoms with Crippen LogP contribution < -0.4 is 10.1 Å². The molecular formula is C19H27N3O2S. The van der Waals surface area contributed by atoms with Crippen LogP contribution in [0.5, 0.6) is 5.88 Å². The zero-order valence-electron chi connectivity index (χ0n) is 15.0. The van der Waals surface area contributed by atoms with Crippen molar-refractivity contribution in [1.82, 2.24) is 15.3 Å². The van der Waals surface area contributed by atoms with E-state index < -0.39 is 0 Å². The van der Waals surface area contributed by atoms with Crippen LogP contribution in [0.4, 0.5) is 0 Å². The van der Waals surface area contributed by atoms with E-state index in [1.165, 1.54) is 10.4 Å². The minimum atomic E-state index is -0.281. The number of rotatable bonds is 5. The Kier molecular flexibility index (Phi) is 4.93. The number of thiophene rings is 1. The molecule has 6 heteroatoms. The van der Waals surface area contributed by atoms with Crippen LogP contribution in [0, 0.1) is 0 Å². The first-order chi connectivity index (χ1) is 12.2. The van der Waals surface area contributed by atoms with E-state index in [2.05, 4.69) is 15.3 Å². The van der Waals surface area contributed by atoms with Crippen LogP contribution in [-0.4, -0.2) is 40.4 Å². The number of hydrogen-bond donors (Lipinski definition) is 2. The summed E-state index contributed by atoms with van der Waals surface area (Å²) in [7, 11) is 2.04. The molecule has 1 fully saturated rings. The molecule has 2 heterocycles. The highest BCUT2D eigenvalue weighted by Gasteiger charge is 2.31. The van der Waals surface area contributed by atoms with Gasteiger partial charge in [0.15, 0.2) is 0 Å². The predicted octanol–water partition coefficient (Wildman–Crippen LogP) is 3.40. The number of nitrogens with one attached hydrogen (secondary N) is 1. The quantitative estimate of drug-likeness (QED) is 0.854. The monoisotopic (exact) mass is 361 g/mol. The second-order valence-electron chi connectivity index (χ2n) is 7.50. The normalized spacial score (nSPS) is 27.4. The molecule has 4 rings (SSSR count). The van der Waals surface area contributed by atoms with Crippen molar-refractivity contribution >= 4 is 21.6 Å². The largest absolute Gasteiger partial charge is 0.474 e. The smallest absolute Gasteiger partial charge is 0.225 e. The molecule has 0 amide bonds. The Labute approximate surface area is 152 Å². The summed E-state index contributed by atoms with van der Waals surface area (Å²) in [4.78, 5) is 11.4. The number of fused-ring (bicyclic) bond motifs is 3. The van der Waals surface area contributed by atoms with Gasteiger partial charge in [0.1, 0.15) is 17.3 Å². The van der Waals surface area contributed by atoms with Gasteiger partial charge in [0.2, 0.25) is 5.88 Å². The topological polar surface area (TPSA) is 67.3 Å². The first-order valence-electron chi connectivity index (χ1n) is 9.44. The van der Waals surface area contributed by atoms with E-state index in [0.29, 0.717) is 12.0 Å². The second-order valence-corrected chi connectivity index (χ2v) is 8.58. The summed E-state index contributed by atoms with van der Waals surface area (Å²) in [6, 6.07) is 0.617. The Morgan fingerprint density at radius 1 is 1.28 bits per heavy atom. The molecule has 0 aromatic carbocycles. The molecular weight excluding hydrogens is 334 g/mol. The van der Waals surface area contributed by atoms with Crippen molar-refractivity contribution < 1.29 is 9.84 Å². The van der Waals surface area contributed by atoms with Crippen molar-refractivity contribution in [2.75, 3.05) is 7.05 Å². The standard InChI is InChI=1S/C19H27N3O2S/c1-11(23)9-12-3-8-15-16(12)17-18(21-10-22-19(17)25-15)24-14-6-4-13(20-2)5-7-14/h10-14,20,23H,3-9H2,1-2H3/t11?,12-,13?,14?/m1/s1. The van der Waals surface area contributed by atoms with Gasteiger partial charge in [-0.15, -0.1) is 11.3 Å². The minimum absolute atomic E-state index is 0.245. The molecule has 1 unspecified atom stereocenters. The lowest BCUT2D eigenvalue weighted by molar-refractivity contribution is 0.137. The fraction of sp³-hybridized carbons (Fsp3) is 0.684. The molecule has 136 valence electrons. The summed E-state index contributed by atoms with van der Waals surface area (Å²) in [5.41, 5.74) is 1.35. The first-order valence-corrected chi connectivity index (χ1v) is 10.3. The van der Waals surface area contributed by atoms with E-state index in [1.54, 1.807) is 17.7 Å². The number of nitrogens with zero attached hydrogens (tertiary/aromatic N) is 2. The average Bonchev–Trinajstić information content (AvgIpc) is 3.15. The van der Waals surface area contributed by atoms with Gasteiger partial charge < -0.3 is 15.2 Å². The lowest BCUT2D eigenvalue weighted by atomic mass is 9.93. The molecule has 0 saturated heterocycles. The Morgan fingerprint density at radius 3 is 2.80 bits per heavy atom. The maximum absolute atomic E-state index is 9.86. The van der Waals surface area contributed by atoms with Crippen LogP contribution in [-0.2, 0) is 6.42 Å². The van der Waals surface area contributed by atoms with E-state index in [9.17, 15) is 5.11 Å². The van der Waals surface area contributed by atoms with Crippen molar-refractivity contribution in [3.05, 3.63) is 16.8 Å². The summed E-state index contributed by atoms with van der Waals surface area (Å²) in [6.07, 6.45) is 9.05. The highest BCUT2D eigenvalue weighted by Crippen LogP contribution is 2.47. The molecule has 2 aliphatic carbocycles. The number of aryl methyl sites for hydroxylation is 1. The first kappa shape index (κ1) is 17.2. The van der Waals surface area contributed by atoms with Crippen LogP contribution in [0.2, 0.25) is 0 Å². The van der Waals surface area contributed by atoms with Gasteiger partial charge in [-0.25, -0.2) is 9.97 Å². The van der Waals surface area contributed by atoms with Crippen molar-refractivity contribution in [2.24, 2.45) is 0 Å². The van der Waals surface area contributed by atoms with Crippen LogP contribution in [0.15, 0.2) is 6.33 Å². The average molecular weight is 362 g/mol. The van der Waals surface area contributed by atoms with E-state index >= 15 is 0 Å². The van der Waals surface area contributed by atoms with Gasteiger partial charge in [-0.05, 0) is 70.4 Å². The zero-order chi connectivity index (χ0) is 17.4. The van der Waals surface area contributed by atoms with E-state index in [1.807, 2.05) is 14.0 Å². The molecule has 2 aromatic heterocycles. The van der Waals surface area contributed by atoms with E-state index in [4.69, 9.17) is 4.74 Å². The van der Waals surface area contributed by atoms with Crippen LogP contribution in [0.1, 0.15) is 61.8 Å². The SMILES string of the molecule is CNC1CCC(Oc2ncnc3sc4c(c23)[C@@H](CC(C)O)CC4)CC1. The number of aliphatic hydroxyl groups excluding tert-OH is 1. The van der Waals surface area contributed by atoms with Crippen molar-refractivity contribution in [3.8, 4) is 5.88 Å². The molecule has 2 aromatic rings. The lowest BCUT2D eigenvalue weighted by Crippen LogP contribution is -2.34. The molecule has 2 atom stereocenters. The van der Waals surface area contributed by atoms with E-state index in [0.717, 1.165) is 61.0 Å². The minimum Gasteiger partial charge on any atom is -0.474 e. The maximum Gasteiger partial charge on any atom is 0.225 e. The molecule has 2 N–H and O–H groups in total. The molecule has 0 aliphatic heterocycles. The van der Waals surface area contributed by atoms with Crippen molar-refractivity contribution in [1.29, 1.82) is 0 Å². The molecule has 0 spiro atoms. The Morgan fingerprint density at radius 2 is 2.08 bits per heavy atom.